The Kier molecular flexibility index (Phi) is 6.28. The average molecular weight is 320 g/mol. The van der Waals surface area contributed by atoms with Gasteiger partial charge >= 0.3 is 0 Å². The summed E-state index contributed by atoms with van der Waals surface area (Å²) in [5, 5.41) is 3.20. The Morgan fingerprint density at radius 1 is 1.26 bits per heavy atom. The Morgan fingerprint density at radius 3 is 2.48 bits per heavy atom. The van der Waals surface area contributed by atoms with Crippen LogP contribution in [0.3, 0.4) is 0 Å². The molecule has 1 fully saturated rings. The van der Waals surface area contributed by atoms with E-state index in [0.717, 1.165) is 37.9 Å². The Labute approximate surface area is 139 Å². The molecule has 1 atom stereocenters. The largest absolute Gasteiger partial charge is 0.493 e. The van der Waals surface area contributed by atoms with E-state index in [1.54, 1.807) is 14.2 Å². The molecule has 0 saturated carbocycles. The summed E-state index contributed by atoms with van der Waals surface area (Å²) in [6.45, 7) is 4.06. The minimum atomic E-state index is 0.00182. The van der Waals surface area contributed by atoms with Crippen molar-refractivity contribution in [1.29, 1.82) is 0 Å². The van der Waals surface area contributed by atoms with Gasteiger partial charge in [0, 0.05) is 5.92 Å². The van der Waals surface area contributed by atoms with E-state index in [4.69, 9.17) is 9.47 Å². The lowest BCUT2D eigenvalue weighted by molar-refractivity contribution is -0.127. The van der Waals surface area contributed by atoms with Gasteiger partial charge in [0.25, 0.3) is 0 Å². The smallest absolute Gasteiger partial charge is 0.223 e. The third-order valence-electron chi connectivity index (χ3n) is 4.62. The van der Waals surface area contributed by atoms with Gasteiger partial charge in [0.15, 0.2) is 11.5 Å². The van der Waals surface area contributed by atoms with Crippen LogP contribution in [0.15, 0.2) is 18.2 Å². The second-order valence-electron chi connectivity index (χ2n) is 6.16. The first-order valence-electron chi connectivity index (χ1n) is 8.29. The quantitative estimate of drug-likeness (QED) is 0.875. The molecule has 1 N–H and O–H groups in total. The molecule has 1 amide bonds. The Balaban J connectivity index is 2.06. The minimum Gasteiger partial charge on any atom is -0.493 e. The van der Waals surface area contributed by atoms with Gasteiger partial charge in [-0.2, -0.15) is 0 Å². The summed E-state index contributed by atoms with van der Waals surface area (Å²) in [4.78, 5) is 14.8. The van der Waals surface area contributed by atoms with Crippen LogP contribution in [0.5, 0.6) is 11.5 Å². The summed E-state index contributed by atoms with van der Waals surface area (Å²) in [6, 6.07) is 5.83. The van der Waals surface area contributed by atoms with Crippen LogP contribution < -0.4 is 14.8 Å². The van der Waals surface area contributed by atoms with E-state index in [1.807, 2.05) is 18.2 Å². The van der Waals surface area contributed by atoms with Gasteiger partial charge in [-0.1, -0.05) is 13.0 Å². The van der Waals surface area contributed by atoms with Crippen molar-refractivity contribution in [3.8, 4) is 11.5 Å². The van der Waals surface area contributed by atoms with Gasteiger partial charge in [0.1, 0.15) is 0 Å². The molecule has 1 aromatic rings. The van der Waals surface area contributed by atoms with Gasteiger partial charge in [-0.15, -0.1) is 0 Å². The van der Waals surface area contributed by atoms with Crippen molar-refractivity contribution in [2.24, 2.45) is 5.92 Å². The first-order chi connectivity index (χ1) is 11.1. The van der Waals surface area contributed by atoms with E-state index in [1.165, 1.54) is 0 Å². The third kappa shape index (κ3) is 4.38. The number of amides is 1. The maximum Gasteiger partial charge on any atom is 0.223 e. The third-order valence-corrected chi connectivity index (χ3v) is 4.62. The van der Waals surface area contributed by atoms with Crippen LogP contribution in [-0.4, -0.2) is 45.2 Å². The van der Waals surface area contributed by atoms with Crippen molar-refractivity contribution in [2.45, 2.75) is 32.2 Å². The highest BCUT2D eigenvalue weighted by atomic mass is 16.5. The molecule has 5 heteroatoms. The van der Waals surface area contributed by atoms with Crippen molar-refractivity contribution in [3.63, 3.8) is 0 Å². The number of nitrogens with zero attached hydrogens (tertiary/aromatic N) is 1. The zero-order valence-electron chi connectivity index (χ0n) is 14.6. The second-order valence-corrected chi connectivity index (χ2v) is 6.16. The van der Waals surface area contributed by atoms with Crippen molar-refractivity contribution < 1.29 is 14.3 Å². The summed E-state index contributed by atoms with van der Waals surface area (Å²) < 4.78 is 10.6. The lowest BCUT2D eigenvalue weighted by atomic mass is 9.95. The monoisotopic (exact) mass is 320 g/mol. The number of hydrogen-bond acceptors (Lipinski definition) is 4. The standard InChI is InChI=1S/C18H28N2O3/c1-5-15(14-6-7-16(22-3)17(12-14)23-4)19-18(21)13-8-10-20(2)11-9-13/h6-7,12-13,15H,5,8-11H2,1-4H3,(H,19,21)/t15-/m1/s1. The SMILES string of the molecule is CC[C@@H](NC(=O)C1CCN(C)CC1)c1ccc(OC)c(OC)c1. The molecular weight excluding hydrogens is 292 g/mol. The van der Waals surface area contributed by atoms with E-state index < -0.39 is 0 Å². The van der Waals surface area contributed by atoms with Gasteiger partial charge in [-0.25, -0.2) is 0 Å². The molecule has 0 bridgehead atoms. The van der Waals surface area contributed by atoms with E-state index >= 15 is 0 Å². The number of rotatable bonds is 6. The number of piperidine rings is 1. The first kappa shape index (κ1) is 17.6. The van der Waals surface area contributed by atoms with Gasteiger partial charge < -0.3 is 19.7 Å². The molecule has 0 unspecified atom stereocenters. The summed E-state index contributed by atoms with van der Waals surface area (Å²) >= 11 is 0. The Bertz CT molecular complexity index is 525. The maximum atomic E-state index is 12.5. The van der Waals surface area contributed by atoms with Crippen molar-refractivity contribution in [1.82, 2.24) is 10.2 Å². The van der Waals surface area contributed by atoms with Crippen LogP contribution in [0.1, 0.15) is 37.8 Å². The normalized spacial score (nSPS) is 17.6. The van der Waals surface area contributed by atoms with Crippen LogP contribution in [0.4, 0.5) is 0 Å². The van der Waals surface area contributed by atoms with E-state index in [9.17, 15) is 4.79 Å². The van der Waals surface area contributed by atoms with E-state index in [0.29, 0.717) is 11.5 Å². The lowest BCUT2D eigenvalue weighted by Gasteiger charge is -2.29. The molecule has 0 radical (unpaired) electrons. The van der Waals surface area contributed by atoms with Gasteiger partial charge in [-0.3, -0.25) is 4.79 Å². The van der Waals surface area contributed by atoms with Gasteiger partial charge in [0.05, 0.1) is 20.3 Å². The number of ether oxygens (including phenoxy) is 2. The number of likely N-dealkylation sites (tertiary alicyclic amines) is 1. The number of carbonyl (C=O) groups excluding carboxylic acids is 1. The molecule has 1 saturated heterocycles. The van der Waals surface area contributed by atoms with Crippen LogP contribution in [0.25, 0.3) is 0 Å². The molecule has 1 aliphatic rings. The fourth-order valence-corrected chi connectivity index (χ4v) is 3.05. The number of hydrogen-bond donors (Lipinski definition) is 1. The fourth-order valence-electron chi connectivity index (χ4n) is 3.05. The van der Waals surface area contributed by atoms with Gasteiger partial charge in [-0.05, 0) is 57.1 Å². The Hall–Kier alpha value is -1.75. The number of carbonyl (C=O) groups is 1. The summed E-state index contributed by atoms with van der Waals surface area (Å²) in [7, 11) is 5.35. The van der Waals surface area contributed by atoms with Crippen LogP contribution in [0.2, 0.25) is 0 Å². The molecule has 1 aliphatic heterocycles. The number of benzene rings is 1. The summed E-state index contributed by atoms with van der Waals surface area (Å²) in [5.41, 5.74) is 1.05. The first-order valence-corrected chi connectivity index (χ1v) is 8.29. The highest BCUT2D eigenvalue weighted by molar-refractivity contribution is 5.79. The zero-order chi connectivity index (χ0) is 16.8. The molecule has 1 heterocycles. The summed E-state index contributed by atoms with van der Waals surface area (Å²) in [5.74, 6) is 1.69. The molecule has 1 aromatic carbocycles. The lowest BCUT2D eigenvalue weighted by Crippen LogP contribution is -2.40. The maximum absolute atomic E-state index is 12.5. The van der Waals surface area contributed by atoms with Crippen molar-refractivity contribution >= 4 is 5.91 Å². The second kappa shape index (κ2) is 8.20. The van der Waals surface area contributed by atoms with Crippen LogP contribution >= 0.6 is 0 Å². The average Bonchev–Trinajstić information content (AvgIpc) is 2.59. The van der Waals surface area contributed by atoms with Crippen molar-refractivity contribution in [3.05, 3.63) is 23.8 Å². The van der Waals surface area contributed by atoms with Crippen molar-refractivity contribution in [2.75, 3.05) is 34.4 Å². The van der Waals surface area contributed by atoms with E-state index in [2.05, 4.69) is 24.2 Å². The zero-order valence-corrected chi connectivity index (χ0v) is 14.6. The molecule has 0 aromatic heterocycles. The van der Waals surface area contributed by atoms with Crippen LogP contribution in [0, 0.1) is 5.92 Å². The molecule has 2 rings (SSSR count). The molecule has 0 aliphatic carbocycles. The van der Waals surface area contributed by atoms with Crippen LogP contribution in [-0.2, 0) is 4.79 Å². The molecule has 23 heavy (non-hydrogen) atoms. The van der Waals surface area contributed by atoms with Gasteiger partial charge in [0.2, 0.25) is 5.91 Å². The molecule has 5 nitrogen and oxygen atoms in total. The highest BCUT2D eigenvalue weighted by Crippen LogP contribution is 2.31. The number of nitrogens with one attached hydrogen (secondary N) is 1. The summed E-state index contributed by atoms with van der Waals surface area (Å²) in [6.07, 6.45) is 2.71. The predicted octanol–water partition coefficient (Wildman–Crippen LogP) is 2.61. The highest BCUT2D eigenvalue weighted by Gasteiger charge is 2.25. The minimum absolute atomic E-state index is 0.00182. The molecular formula is C18H28N2O3. The fraction of sp³-hybridized carbons (Fsp3) is 0.611. The number of methoxy groups -OCH3 is 2. The topological polar surface area (TPSA) is 50.8 Å². The Morgan fingerprint density at radius 2 is 1.91 bits per heavy atom. The predicted molar refractivity (Wildman–Crippen MR) is 90.9 cm³/mol. The molecule has 0 spiro atoms. The van der Waals surface area contributed by atoms with E-state index in [-0.39, 0.29) is 17.9 Å². The molecule has 128 valence electrons.